The molecule has 0 spiro atoms. The Morgan fingerprint density at radius 3 is 2.62 bits per heavy atom. The van der Waals surface area contributed by atoms with Crippen LogP contribution in [0.2, 0.25) is 0 Å². The van der Waals surface area contributed by atoms with Crippen LogP contribution in [0.3, 0.4) is 0 Å². The molecule has 0 radical (unpaired) electrons. The molecular formula is C13H20O2S. The topological polar surface area (TPSA) is 18.5 Å². The van der Waals surface area contributed by atoms with Crippen molar-refractivity contribution in [2.75, 3.05) is 6.61 Å². The molecule has 0 saturated carbocycles. The van der Waals surface area contributed by atoms with E-state index in [4.69, 9.17) is 9.47 Å². The smallest absolute Gasteiger partial charge is 0.172 e. The Balaban J connectivity index is 2.00. The minimum absolute atomic E-state index is 0.252. The molecule has 1 aromatic rings. The summed E-state index contributed by atoms with van der Waals surface area (Å²) in [5.41, 5.74) is 0. The predicted molar refractivity (Wildman–Crippen MR) is 67.5 cm³/mol. The SMILES string of the molecule is CCCC(CCC)C1COc2cscc2O1. The van der Waals surface area contributed by atoms with Crippen LogP contribution < -0.4 is 9.47 Å². The lowest BCUT2D eigenvalue weighted by molar-refractivity contribution is 0.0419. The van der Waals surface area contributed by atoms with Crippen molar-refractivity contribution in [3.63, 3.8) is 0 Å². The third-order valence-electron chi connectivity index (χ3n) is 3.12. The molecule has 16 heavy (non-hydrogen) atoms. The number of fused-ring (bicyclic) bond motifs is 1. The summed E-state index contributed by atoms with van der Waals surface area (Å²) in [5, 5.41) is 4.05. The number of rotatable bonds is 5. The fraction of sp³-hybridized carbons (Fsp3) is 0.692. The van der Waals surface area contributed by atoms with E-state index in [9.17, 15) is 0 Å². The summed E-state index contributed by atoms with van der Waals surface area (Å²) < 4.78 is 11.8. The van der Waals surface area contributed by atoms with Crippen LogP contribution in [0.5, 0.6) is 11.5 Å². The zero-order chi connectivity index (χ0) is 11.4. The average Bonchev–Trinajstić information content (AvgIpc) is 2.75. The first-order chi connectivity index (χ1) is 7.85. The Labute approximate surface area is 102 Å². The maximum atomic E-state index is 6.02. The van der Waals surface area contributed by atoms with Crippen molar-refractivity contribution in [3.05, 3.63) is 10.8 Å². The highest BCUT2D eigenvalue weighted by molar-refractivity contribution is 7.08. The van der Waals surface area contributed by atoms with Gasteiger partial charge in [0.1, 0.15) is 12.7 Å². The van der Waals surface area contributed by atoms with E-state index in [0.717, 1.165) is 11.5 Å². The minimum Gasteiger partial charge on any atom is -0.485 e. The van der Waals surface area contributed by atoms with Gasteiger partial charge in [-0.25, -0.2) is 0 Å². The van der Waals surface area contributed by atoms with Gasteiger partial charge in [0.2, 0.25) is 0 Å². The normalized spacial score (nSPS) is 19.1. The van der Waals surface area contributed by atoms with Crippen molar-refractivity contribution in [2.45, 2.75) is 45.6 Å². The first-order valence-corrected chi connectivity index (χ1v) is 7.15. The molecule has 0 N–H and O–H groups in total. The first-order valence-electron chi connectivity index (χ1n) is 6.20. The Morgan fingerprint density at radius 2 is 1.94 bits per heavy atom. The van der Waals surface area contributed by atoms with E-state index in [1.54, 1.807) is 11.3 Å². The van der Waals surface area contributed by atoms with Gasteiger partial charge >= 0.3 is 0 Å². The van der Waals surface area contributed by atoms with Gasteiger partial charge in [0.05, 0.1) is 0 Å². The van der Waals surface area contributed by atoms with Crippen LogP contribution in [0.4, 0.5) is 0 Å². The lowest BCUT2D eigenvalue weighted by Gasteiger charge is -2.30. The number of ether oxygens (including phenoxy) is 2. The summed E-state index contributed by atoms with van der Waals surface area (Å²) in [6, 6.07) is 0. The number of hydrogen-bond donors (Lipinski definition) is 0. The molecule has 0 aliphatic carbocycles. The maximum absolute atomic E-state index is 6.02. The van der Waals surface area contributed by atoms with Crippen molar-refractivity contribution < 1.29 is 9.47 Å². The summed E-state index contributed by atoms with van der Waals surface area (Å²) in [6.07, 6.45) is 5.17. The highest BCUT2D eigenvalue weighted by Crippen LogP contribution is 2.37. The van der Waals surface area contributed by atoms with Gasteiger partial charge in [-0.15, -0.1) is 11.3 Å². The van der Waals surface area contributed by atoms with Gasteiger partial charge in [-0.05, 0) is 18.8 Å². The molecule has 0 fully saturated rings. The summed E-state index contributed by atoms with van der Waals surface area (Å²) in [4.78, 5) is 0. The summed E-state index contributed by atoms with van der Waals surface area (Å²) >= 11 is 1.65. The van der Waals surface area contributed by atoms with Gasteiger partial charge in [0, 0.05) is 10.8 Å². The number of hydrogen-bond acceptors (Lipinski definition) is 3. The fourth-order valence-corrected chi connectivity index (χ4v) is 2.99. The maximum Gasteiger partial charge on any atom is 0.172 e. The van der Waals surface area contributed by atoms with Gasteiger partial charge in [-0.3, -0.25) is 0 Å². The average molecular weight is 240 g/mol. The van der Waals surface area contributed by atoms with Crippen LogP contribution in [0, 0.1) is 5.92 Å². The predicted octanol–water partition coefficient (Wildman–Crippen LogP) is 4.10. The van der Waals surface area contributed by atoms with E-state index < -0.39 is 0 Å². The number of thiophene rings is 1. The van der Waals surface area contributed by atoms with Crippen LogP contribution in [0.15, 0.2) is 10.8 Å². The molecule has 1 atom stereocenters. The molecule has 0 saturated heterocycles. The van der Waals surface area contributed by atoms with Crippen LogP contribution in [0.1, 0.15) is 39.5 Å². The zero-order valence-electron chi connectivity index (χ0n) is 10.1. The zero-order valence-corrected chi connectivity index (χ0v) is 10.9. The Bertz CT molecular complexity index is 315. The fourth-order valence-electron chi connectivity index (χ4n) is 2.32. The van der Waals surface area contributed by atoms with Crippen molar-refractivity contribution in [3.8, 4) is 11.5 Å². The molecule has 1 aliphatic heterocycles. The monoisotopic (exact) mass is 240 g/mol. The van der Waals surface area contributed by atoms with Crippen molar-refractivity contribution >= 4 is 11.3 Å². The van der Waals surface area contributed by atoms with E-state index in [-0.39, 0.29) is 6.10 Å². The molecule has 0 amide bonds. The lowest BCUT2D eigenvalue weighted by atomic mass is 9.92. The largest absolute Gasteiger partial charge is 0.485 e. The van der Waals surface area contributed by atoms with Gasteiger partial charge in [-0.1, -0.05) is 26.7 Å². The minimum atomic E-state index is 0.252. The summed E-state index contributed by atoms with van der Waals surface area (Å²) in [6.45, 7) is 5.19. The van der Waals surface area contributed by atoms with Crippen LogP contribution in [0.25, 0.3) is 0 Å². The third kappa shape index (κ3) is 2.51. The molecule has 2 rings (SSSR count). The van der Waals surface area contributed by atoms with Crippen LogP contribution >= 0.6 is 11.3 Å². The highest BCUT2D eigenvalue weighted by atomic mass is 32.1. The standard InChI is InChI=1S/C13H20O2S/c1-3-5-10(6-4-2)11-7-14-12-8-16-9-13(12)15-11/h8-11H,3-7H2,1-2H3. The van der Waals surface area contributed by atoms with Gasteiger partial charge in [0.25, 0.3) is 0 Å². The van der Waals surface area contributed by atoms with Crippen LogP contribution in [-0.2, 0) is 0 Å². The Kier molecular flexibility index (Phi) is 4.10. The van der Waals surface area contributed by atoms with Crippen molar-refractivity contribution in [1.29, 1.82) is 0 Å². The van der Waals surface area contributed by atoms with E-state index in [1.165, 1.54) is 25.7 Å². The summed E-state index contributed by atoms with van der Waals surface area (Å²) in [7, 11) is 0. The van der Waals surface area contributed by atoms with E-state index in [2.05, 4.69) is 13.8 Å². The van der Waals surface area contributed by atoms with E-state index >= 15 is 0 Å². The molecule has 90 valence electrons. The first kappa shape index (κ1) is 11.8. The third-order valence-corrected chi connectivity index (χ3v) is 3.82. The van der Waals surface area contributed by atoms with Crippen LogP contribution in [-0.4, -0.2) is 12.7 Å². The van der Waals surface area contributed by atoms with E-state index in [1.807, 2.05) is 10.8 Å². The Hall–Kier alpha value is -0.700. The molecule has 1 unspecified atom stereocenters. The molecular weight excluding hydrogens is 220 g/mol. The second-order valence-electron chi connectivity index (χ2n) is 4.41. The molecule has 3 heteroatoms. The Morgan fingerprint density at radius 1 is 1.25 bits per heavy atom. The quantitative estimate of drug-likeness (QED) is 0.771. The molecule has 2 heterocycles. The molecule has 1 aromatic heterocycles. The second kappa shape index (κ2) is 5.58. The highest BCUT2D eigenvalue weighted by Gasteiger charge is 2.28. The van der Waals surface area contributed by atoms with Gasteiger partial charge < -0.3 is 9.47 Å². The van der Waals surface area contributed by atoms with Gasteiger partial charge in [0.15, 0.2) is 11.5 Å². The van der Waals surface area contributed by atoms with Gasteiger partial charge in [-0.2, -0.15) is 0 Å². The van der Waals surface area contributed by atoms with E-state index in [0.29, 0.717) is 12.5 Å². The molecule has 0 bridgehead atoms. The lowest BCUT2D eigenvalue weighted by Crippen LogP contribution is -2.35. The molecule has 1 aliphatic rings. The van der Waals surface area contributed by atoms with Crippen molar-refractivity contribution in [2.24, 2.45) is 5.92 Å². The van der Waals surface area contributed by atoms with Crippen molar-refractivity contribution in [1.82, 2.24) is 0 Å². The summed E-state index contributed by atoms with van der Waals surface area (Å²) in [5.74, 6) is 2.51. The molecule has 0 aromatic carbocycles. The second-order valence-corrected chi connectivity index (χ2v) is 5.15. The molecule has 2 nitrogen and oxygen atoms in total.